The highest BCUT2D eigenvalue weighted by molar-refractivity contribution is 5.96. The molecule has 0 aliphatic heterocycles. The molecule has 10 nitrogen and oxygen atoms in total. The Balaban J connectivity index is 1.55. The Hall–Kier alpha value is -4.21. The third-order valence-corrected chi connectivity index (χ3v) is 3.85. The molecule has 10 heteroatoms. The van der Waals surface area contributed by atoms with Crippen LogP contribution in [0, 0.1) is 0 Å². The van der Waals surface area contributed by atoms with E-state index in [0.717, 1.165) is 0 Å². The summed E-state index contributed by atoms with van der Waals surface area (Å²) in [7, 11) is 0. The number of hydrazine groups is 2. The standard InChI is InChI=1S/C21H22N4O6/c26-17(22-24-20(29)15-8-3-1-4-9-15)12-7-13-19(28)31-14-18(27)23-25-21(30)16-10-5-2-6-11-16/h1-6,8-11H,7,12-14H2,(H,22,26)(H,23,27)(H,24,29)(H,25,30). The molecule has 0 fully saturated rings. The molecule has 0 unspecified atom stereocenters. The minimum absolute atomic E-state index is 0.0243. The van der Waals surface area contributed by atoms with Gasteiger partial charge in [0, 0.05) is 24.0 Å². The first-order chi connectivity index (χ1) is 15.0. The maximum atomic E-state index is 11.8. The third kappa shape index (κ3) is 8.77. The molecule has 0 bridgehead atoms. The van der Waals surface area contributed by atoms with Crippen LogP contribution in [0.5, 0.6) is 0 Å². The Morgan fingerprint density at radius 1 is 0.613 bits per heavy atom. The summed E-state index contributed by atoms with van der Waals surface area (Å²) in [6.45, 7) is -0.576. The fourth-order valence-electron chi connectivity index (χ4n) is 2.29. The quantitative estimate of drug-likeness (QED) is 0.360. The number of nitrogens with one attached hydrogen (secondary N) is 4. The predicted octanol–water partition coefficient (Wildman–Crippen LogP) is 0.622. The molecule has 162 valence electrons. The van der Waals surface area contributed by atoms with Gasteiger partial charge in [-0.2, -0.15) is 0 Å². The second-order valence-corrected chi connectivity index (χ2v) is 6.25. The van der Waals surface area contributed by atoms with Crippen LogP contribution >= 0.6 is 0 Å². The van der Waals surface area contributed by atoms with Crippen molar-refractivity contribution in [3.05, 3.63) is 71.8 Å². The zero-order valence-electron chi connectivity index (χ0n) is 16.6. The van der Waals surface area contributed by atoms with Crippen molar-refractivity contribution in [2.75, 3.05) is 6.61 Å². The summed E-state index contributed by atoms with van der Waals surface area (Å²) in [6.07, 6.45) is 0.0471. The molecular formula is C21H22N4O6. The Kier molecular flexibility index (Phi) is 9.21. The van der Waals surface area contributed by atoms with Crippen molar-refractivity contribution in [1.29, 1.82) is 0 Å². The van der Waals surface area contributed by atoms with Gasteiger partial charge >= 0.3 is 5.97 Å². The zero-order valence-corrected chi connectivity index (χ0v) is 16.6. The topological polar surface area (TPSA) is 143 Å². The van der Waals surface area contributed by atoms with Gasteiger partial charge in [-0.15, -0.1) is 0 Å². The second-order valence-electron chi connectivity index (χ2n) is 6.25. The van der Waals surface area contributed by atoms with Crippen LogP contribution < -0.4 is 21.7 Å². The van der Waals surface area contributed by atoms with Gasteiger partial charge in [0.05, 0.1) is 0 Å². The Labute approximate surface area is 178 Å². The van der Waals surface area contributed by atoms with Gasteiger partial charge in [-0.1, -0.05) is 36.4 Å². The van der Waals surface area contributed by atoms with Crippen LogP contribution in [0.4, 0.5) is 0 Å². The van der Waals surface area contributed by atoms with Crippen LogP contribution in [-0.4, -0.2) is 36.2 Å². The van der Waals surface area contributed by atoms with E-state index >= 15 is 0 Å². The number of rotatable bonds is 8. The smallest absolute Gasteiger partial charge is 0.306 e. The van der Waals surface area contributed by atoms with Gasteiger partial charge in [-0.05, 0) is 30.7 Å². The lowest BCUT2D eigenvalue weighted by Gasteiger charge is -2.09. The Bertz CT molecular complexity index is 918. The van der Waals surface area contributed by atoms with Gasteiger partial charge in [-0.25, -0.2) is 0 Å². The maximum Gasteiger partial charge on any atom is 0.306 e. The molecule has 0 aliphatic rings. The van der Waals surface area contributed by atoms with E-state index < -0.39 is 36.2 Å². The van der Waals surface area contributed by atoms with Gasteiger partial charge in [0.1, 0.15) is 0 Å². The molecule has 0 atom stereocenters. The summed E-state index contributed by atoms with van der Waals surface area (Å²) < 4.78 is 4.78. The maximum absolute atomic E-state index is 11.8. The fourth-order valence-corrected chi connectivity index (χ4v) is 2.29. The summed E-state index contributed by atoms with van der Waals surface area (Å²) in [5.41, 5.74) is 9.60. The van der Waals surface area contributed by atoms with Gasteiger partial charge in [0.25, 0.3) is 17.7 Å². The summed E-state index contributed by atoms with van der Waals surface area (Å²) >= 11 is 0. The zero-order chi connectivity index (χ0) is 22.5. The lowest BCUT2D eigenvalue weighted by atomic mass is 10.2. The highest BCUT2D eigenvalue weighted by Crippen LogP contribution is 2.00. The van der Waals surface area contributed by atoms with Gasteiger partial charge < -0.3 is 4.74 Å². The molecule has 4 N–H and O–H groups in total. The van der Waals surface area contributed by atoms with Gasteiger partial charge in [0.15, 0.2) is 6.61 Å². The van der Waals surface area contributed by atoms with Crippen molar-refractivity contribution in [3.8, 4) is 0 Å². The molecule has 0 aromatic heterocycles. The van der Waals surface area contributed by atoms with Crippen LogP contribution in [0.3, 0.4) is 0 Å². The number of ether oxygens (including phenoxy) is 1. The summed E-state index contributed by atoms with van der Waals surface area (Å²) in [6, 6.07) is 16.6. The average molecular weight is 426 g/mol. The lowest BCUT2D eigenvalue weighted by molar-refractivity contribution is -0.148. The van der Waals surface area contributed by atoms with Crippen molar-refractivity contribution >= 4 is 29.6 Å². The van der Waals surface area contributed by atoms with Crippen LogP contribution in [0.15, 0.2) is 60.7 Å². The average Bonchev–Trinajstić information content (AvgIpc) is 2.80. The van der Waals surface area contributed by atoms with Gasteiger partial charge in [-0.3, -0.25) is 45.7 Å². The molecule has 2 aromatic rings. The van der Waals surface area contributed by atoms with E-state index in [9.17, 15) is 24.0 Å². The molecular weight excluding hydrogens is 404 g/mol. The van der Waals surface area contributed by atoms with Crippen molar-refractivity contribution in [1.82, 2.24) is 21.7 Å². The van der Waals surface area contributed by atoms with Crippen LogP contribution in [0.2, 0.25) is 0 Å². The Morgan fingerprint density at radius 3 is 1.61 bits per heavy atom. The first-order valence-electron chi connectivity index (χ1n) is 9.40. The molecule has 2 aromatic carbocycles. The minimum atomic E-state index is -0.709. The van der Waals surface area contributed by atoms with E-state index in [2.05, 4.69) is 21.7 Å². The van der Waals surface area contributed by atoms with E-state index in [1.54, 1.807) is 60.7 Å². The van der Waals surface area contributed by atoms with E-state index in [0.29, 0.717) is 11.1 Å². The first kappa shape index (κ1) is 23.1. The summed E-state index contributed by atoms with van der Waals surface area (Å²) in [5, 5.41) is 0. The SMILES string of the molecule is O=C(CCCC(=O)OCC(=O)NNC(=O)c1ccccc1)NNC(=O)c1ccccc1. The number of carbonyl (C=O) groups is 5. The molecule has 4 amide bonds. The van der Waals surface area contributed by atoms with Crippen molar-refractivity contribution in [2.45, 2.75) is 19.3 Å². The molecule has 0 saturated heterocycles. The number of benzene rings is 2. The van der Waals surface area contributed by atoms with Crippen LogP contribution in [0.25, 0.3) is 0 Å². The molecule has 0 saturated carbocycles. The van der Waals surface area contributed by atoms with E-state index in [-0.39, 0.29) is 19.3 Å². The molecule has 0 radical (unpaired) electrons. The summed E-state index contributed by atoms with van der Waals surface area (Å²) in [4.78, 5) is 58.5. The first-order valence-corrected chi connectivity index (χ1v) is 9.40. The number of hydrogen-bond acceptors (Lipinski definition) is 6. The monoisotopic (exact) mass is 426 g/mol. The normalized spacial score (nSPS) is 9.81. The molecule has 0 aliphatic carbocycles. The highest BCUT2D eigenvalue weighted by Gasteiger charge is 2.11. The van der Waals surface area contributed by atoms with Crippen molar-refractivity contribution < 1.29 is 28.7 Å². The second kappa shape index (κ2) is 12.4. The summed E-state index contributed by atoms with van der Waals surface area (Å²) in [5.74, 6) is -2.83. The van der Waals surface area contributed by atoms with Crippen molar-refractivity contribution in [3.63, 3.8) is 0 Å². The molecule has 0 spiro atoms. The minimum Gasteiger partial charge on any atom is -0.455 e. The molecule has 31 heavy (non-hydrogen) atoms. The predicted molar refractivity (Wildman–Crippen MR) is 109 cm³/mol. The van der Waals surface area contributed by atoms with E-state index in [1.807, 2.05) is 0 Å². The largest absolute Gasteiger partial charge is 0.455 e. The van der Waals surface area contributed by atoms with Crippen molar-refractivity contribution in [2.24, 2.45) is 0 Å². The van der Waals surface area contributed by atoms with Crippen LogP contribution in [-0.2, 0) is 19.1 Å². The number of hydrogen-bond donors (Lipinski definition) is 4. The Morgan fingerprint density at radius 2 is 1.10 bits per heavy atom. The number of esters is 1. The molecule has 0 heterocycles. The van der Waals surface area contributed by atoms with E-state index in [1.165, 1.54) is 0 Å². The van der Waals surface area contributed by atoms with Crippen LogP contribution in [0.1, 0.15) is 40.0 Å². The van der Waals surface area contributed by atoms with E-state index in [4.69, 9.17) is 4.74 Å². The van der Waals surface area contributed by atoms with Gasteiger partial charge in [0.2, 0.25) is 5.91 Å². The fraction of sp³-hybridized carbons (Fsp3) is 0.190. The number of carbonyl (C=O) groups excluding carboxylic acids is 5. The molecule has 2 rings (SSSR count). The highest BCUT2D eigenvalue weighted by atomic mass is 16.5. The number of amides is 4. The lowest BCUT2D eigenvalue weighted by Crippen LogP contribution is -2.43. The third-order valence-electron chi connectivity index (χ3n) is 3.85.